The summed E-state index contributed by atoms with van der Waals surface area (Å²) in [5, 5.41) is 0. The summed E-state index contributed by atoms with van der Waals surface area (Å²) in [6.07, 6.45) is 1.79. The highest BCUT2D eigenvalue weighted by atomic mass is 32.2. The van der Waals surface area contributed by atoms with E-state index in [9.17, 15) is 13.2 Å². The monoisotopic (exact) mass is 387 g/mol. The molecule has 1 unspecified atom stereocenters. The fourth-order valence-electron chi connectivity index (χ4n) is 3.34. The standard InChI is InChI=1S/C20H25N3O3S/c1-15(21)16-10-12-23(13-11-16)20(24)17-6-5-7-18(14-17)22-27(25,26)19-8-3-2-4-9-19/h2-9,14-16,22H,10-13,21H2,1H3. The summed E-state index contributed by atoms with van der Waals surface area (Å²) in [5.74, 6) is 0.358. The van der Waals surface area contributed by atoms with Gasteiger partial charge in [-0.15, -0.1) is 0 Å². The van der Waals surface area contributed by atoms with E-state index in [0.29, 0.717) is 30.3 Å². The maximum Gasteiger partial charge on any atom is 0.261 e. The largest absolute Gasteiger partial charge is 0.339 e. The van der Waals surface area contributed by atoms with E-state index < -0.39 is 10.0 Å². The molecule has 0 aromatic heterocycles. The molecule has 0 bridgehead atoms. The Labute approximate surface area is 160 Å². The van der Waals surface area contributed by atoms with Crippen molar-refractivity contribution >= 4 is 21.6 Å². The van der Waals surface area contributed by atoms with E-state index in [1.165, 1.54) is 12.1 Å². The molecule has 3 N–H and O–H groups in total. The number of likely N-dealkylation sites (tertiary alicyclic amines) is 1. The Kier molecular flexibility index (Phi) is 5.82. The first-order valence-corrected chi connectivity index (χ1v) is 10.6. The molecule has 0 radical (unpaired) electrons. The van der Waals surface area contributed by atoms with Crippen LogP contribution < -0.4 is 10.5 Å². The molecule has 1 fully saturated rings. The lowest BCUT2D eigenvalue weighted by atomic mass is 9.90. The van der Waals surface area contributed by atoms with E-state index in [1.807, 2.05) is 11.8 Å². The molecule has 0 aliphatic carbocycles. The highest BCUT2D eigenvalue weighted by Gasteiger charge is 2.25. The van der Waals surface area contributed by atoms with Crippen LogP contribution >= 0.6 is 0 Å². The van der Waals surface area contributed by atoms with Crippen molar-refractivity contribution in [3.8, 4) is 0 Å². The number of anilines is 1. The molecule has 1 saturated heterocycles. The molecule has 1 aliphatic heterocycles. The number of rotatable bonds is 5. The molecule has 1 atom stereocenters. The van der Waals surface area contributed by atoms with Gasteiger partial charge in [0.2, 0.25) is 0 Å². The second-order valence-electron chi connectivity index (χ2n) is 6.99. The van der Waals surface area contributed by atoms with Crippen LogP contribution in [0.4, 0.5) is 5.69 Å². The van der Waals surface area contributed by atoms with Gasteiger partial charge in [0.1, 0.15) is 0 Å². The van der Waals surface area contributed by atoms with Gasteiger partial charge in [-0.1, -0.05) is 24.3 Å². The van der Waals surface area contributed by atoms with Crippen LogP contribution in [0.5, 0.6) is 0 Å². The first-order valence-electron chi connectivity index (χ1n) is 9.09. The lowest BCUT2D eigenvalue weighted by molar-refractivity contribution is 0.0681. The van der Waals surface area contributed by atoms with Crippen molar-refractivity contribution in [3.63, 3.8) is 0 Å². The lowest BCUT2D eigenvalue weighted by Gasteiger charge is -2.33. The average molecular weight is 388 g/mol. The first-order chi connectivity index (χ1) is 12.9. The molecular weight excluding hydrogens is 362 g/mol. The van der Waals surface area contributed by atoms with Crippen molar-refractivity contribution in [1.82, 2.24) is 4.90 Å². The molecule has 0 saturated carbocycles. The Morgan fingerprint density at radius 2 is 1.78 bits per heavy atom. The van der Waals surface area contributed by atoms with Crippen LogP contribution in [0.3, 0.4) is 0 Å². The normalized spacial score (nSPS) is 16.7. The molecule has 7 heteroatoms. The molecule has 2 aromatic carbocycles. The van der Waals surface area contributed by atoms with Crippen LogP contribution in [-0.4, -0.2) is 38.4 Å². The minimum Gasteiger partial charge on any atom is -0.339 e. The van der Waals surface area contributed by atoms with Crippen molar-refractivity contribution in [2.45, 2.75) is 30.7 Å². The number of nitrogens with zero attached hydrogens (tertiary/aromatic N) is 1. The topological polar surface area (TPSA) is 92.5 Å². The molecular formula is C20H25N3O3S. The van der Waals surface area contributed by atoms with E-state index >= 15 is 0 Å². The zero-order chi connectivity index (χ0) is 19.4. The Hall–Kier alpha value is -2.38. The third kappa shape index (κ3) is 4.67. The van der Waals surface area contributed by atoms with Crippen molar-refractivity contribution in [2.24, 2.45) is 11.7 Å². The third-order valence-corrected chi connectivity index (χ3v) is 6.38. The number of carbonyl (C=O) groups is 1. The summed E-state index contributed by atoms with van der Waals surface area (Å²) in [5.41, 5.74) is 6.80. The second kappa shape index (κ2) is 8.10. The fraction of sp³-hybridized carbons (Fsp3) is 0.350. The zero-order valence-electron chi connectivity index (χ0n) is 15.3. The summed E-state index contributed by atoms with van der Waals surface area (Å²) in [6.45, 7) is 3.35. The van der Waals surface area contributed by atoms with Crippen LogP contribution in [0.15, 0.2) is 59.5 Å². The summed E-state index contributed by atoms with van der Waals surface area (Å²) >= 11 is 0. The first kappa shape index (κ1) is 19.4. The Morgan fingerprint density at radius 3 is 2.41 bits per heavy atom. The van der Waals surface area contributed by atoms with Gasteiger partial charge in [-0.25, -0.2) is 8.42 Å². The number of nitrogens with one attached hydrogen (secondary N) is 1. The Bertz CT molecular complexity index is 890. The van der Waals surface area contributed by atoms with E-state index in [-0.39, 0.29) is 16.8 Å². The van der Waals surface area contributed by atoms with E-state index in [1.54, 1.807) is 42.5 Å². The number of hydrogen-bond acceptors (Lipinski definition) is 4. The maximum absolute atomic E-state index is 12.8. The molecule has 0 spiro atoms. The molecule has 144 valence electrons. The van der Waals surface area contributed by atoms with Crippen LogP contribution in [0.2, 0.25) is 0 Å². The lowest BCUT2D eigenvalue weighted by Crippen LogP contribution is -2.42. The number of nitrogens with two attached hydrogens (primary N) is 1. The molecule has 1 amide bonds. The van der Waals surface area contributed by atoms with Gasteiger partial charge >= 0.3 is 0 Å². The summed E-state index contributed by atoms with van der Waals surface area (Å²) in [4.78, 5) is 14.8. The summed E-state index contributed by atoms with van der Waals surface area (Å²) < 4.78 is 27.5. The molecule has 6 nitrogen and oxygen atoms in total. The van der Waals surface area contributed by atoms with Gasteiger partial charge in [0.15, 0.2) is 0 Å². The number of amides is 1. The number of hydrogen-bond donors (Lipinski definition) is 2. The Morgan fingerprint density at radius 1 is 1.11 bits per heavy atom. The molecule has 3 rings (SSSR count). The summed E-state index contributed by atoms with van der Waals surface area (Å²) in [6, 6.07) is 14.9. The smallest absolute Gasteiger partial charge is 0.261 e. The van der Waals surface area contributed by atoms with Gasteiger partial charge in [-0.2, -0.15) is 0 Å². The van der Waals surface area contributed by atoms with Crippen molar-refractivity contribution in [1.29, 1.82) is 0 Å². The molecule has 2 aromatic rings. The van der Waals surface area contributed by atoms with E-state index in [2.05, 4.69) is 4.72 Å². The van der Waals surface area contributed by atoms with E-state index in [0.717, 1.165) is 12.8 Å². The van der Waals surface area contributed by atoms with Crippen LogP contribution in [-0.2, 0) is 10.0 Å². The minimum atomic E-state index is -3.69. The molecule has 27 heavy (non-hydrogen) atoms. The van der Waals surface area contributed by atoms with Crippen molar-refractivity contribution in [3.05, 3.63) is 60.2 Å². The van der Waals surface area contributed by atoms with E-state index in [4.69, 9.17) is 5.73 Å². The van der Waals surface area contributed by atoms with Crippen molar-refractivity contribution < 1.29 is 13.2 Å². The number of carbonyl (C=O) groups excluding carboxylic acids is 1. The third-order valence-electron chi connectivity index (χ3n) is 4.99. The number of piperidine rings is 1. The number of benzene rings is 2. The zero-order valence-corrected chi connectivity index (χ0v) is 16.2. The SMILES string of the molecule is CC(N)C1CCN(C(=O)c2cccc(NS(=O)(=O)c3ccccc3)c2)CC1. The predicted molar refractivity (Wildman–Crippen MR) is 106 cm³/mol. The molecule has 1 heterocycles. The van der Waals surface area contributed by atoms with Gasteiger partial charge < -0.3 is 10.6 Å². The van der Waals surface area contributed by atoms with Gasteiger partial charge in [0, 0.05) is 30.4 Å². The molecule has 1 aliphatic rings. The average Bonchev–Trinajstić information content (AvgIpc) is 2.68. The van der Waals surface area contributed by atoms with Crippen LogP contribution in [0.25, 0.3) is 0 Å². The quantitative estimate of drug-likeness (QED) is 0.825. The second-order valence-corrected chi connectivity index (χ2v) is 8.67. The highest BCUT2D eigenvalue weighted by molar-refractivity contribution is 7.92. The number of sulfonamides is 1. The minimum absolute atomic E-state index is 0.0844. The summed E-state index contributed by atoms with van der Waals surface area (Å²) in [7, 11) is -3.69. The van der Waals surface area contributed by atoms with Gasteiger partial charge in [0.05, 0.1) is 4.90 Å². The van der Waals surface area contributed by atoms with Gasteiger partial charge in [-0.05, 0) is 56.0 Å². The highest BCUT2D eigenvalue weighted by Crippen LogP contribution is 2.22. The van der Waals surface area contributed by atoms with Crippen molar-refractivity contribution in [2.75, 3.05) is 17.8 Å². The van der Waals surface area contributed by atoms with Gasteiger partial charge in [-0.3, -0.25) is 9.52 Å². The van der Waals surface area contributed by atoms with Crippen LogP contribution in [0.1, 0.15) is 30.1 Å². The fourth-order valence-corrected chi connectivity index (χ4v) is 4.41. The van der Waals surface area contributed by atoms with Gasteiger partial charge in [0.25, 0.3) is 15.9 Å². The van der Waals surface area contributed by atoms with Crippen LogP contribution in [0, 0.1) is 5.92 Å². The Balaban J connectivity index is 1.71. The predicted octanol–water partition coefficient (Wildman–Crippen LogP) is 2.69. The maximum atomic E-state index is 12.8.